The van der Waals surface area contributed by atoms with E-state index in [4.69, 9.17) is 0 Å². The maximum absolute atomic E-state index is 12.0. The van der Waals surface area contributed by atoms with E-state index in [1.54, 1.807) is 7.05 Å². The second-order valence-electron chi connectivity index (χ2n) is 6.23. The summed E-state index contributed by atoms with van der Waals surface area (Å²) in [5.74, 6) is 1.63. The van der Waals surface area contributed by atoms with Gasteiger partial charge < -0.3 is 16.0 Å². The maximum Gasteiger partial charge on any atom is 0.251 e. The molecule has 2 rings (SSSR count). The van der Waals surface area contributed by atoms with Gasteiger partial charge in [-0.2, -0.15) is 0 Å². The van der Waals surface area contributed by atoms with Crippen LogP contribution in [0.15, 0.2) is 29.3 Å². The molecule has 5 nitrogen and oxygen atoms in total. The summed E-state index contributed by atoms with van der Waals surface area (Å²) in [5.41, 5.74) is 1.82. The molecule has 134 valence electrons. The van der Waals surface area contributed by atoms with Crippen molar-refractivity contribution in [3.8, 4) is 0 Å². The van der Waals surface area contributed by atoms with Gasteiger partial charge in [-0.1, -0.05) is 19.1 Å². The summed E-state index contributed by atoms with van der Waals surface area (Å²) in [6, 6.07) is 7.90. The molecule has 0 aromatic heterocycles. The molecule has 1 aliphatic carbocycles. The van der Waals surface area contributed by atoms with Gasteiger partial charge in [0.1, 0.15) is 0 Å². The zero-order valence-corrected chi connectivity index (χ0v) is 17.1. The van der Waals surface area contributed by atoms with Crippen LogP contribution in [-0.4, -0.2) is 31.5 Å². The molecule has 1 fully saturated rings. The molecule has 1 atom stereocenters. The molecule has 1 aromatic rings. The fourth-order valence-electron chi connectivity index (χ4n) is 2.15. The zero-order valence-electron chi connectivity index (χ0n) is 14.8. The fourth-order valence-corrected chi connectivity index (χ4v) is 2.15. The first-order valence-corrected chi connectivity index (χ1v) is 8.46. The Balaban J connectivity index is 0.00000288. The molecule has 1 aliphatic rings. The second-order valence-corrected chi connectivity index (χ2v) is 6.23. The summed E-state index contributed by atoms with van der Waals surface area (Å²) in [6.07, 6.45) is 3.58. The molecule has 1 amide bonds. The van der Waals surface area contributed by atoms with Gasteiger partial charge in [0.05, 0.1) is 0 Å². The number of aliphatic imine (C=N–C) groups is 1. The van der Waals surface area contributed by atoms with Crippen LogP contribution in [0.1, 0.15) is 49.0 Å². The average molecular weight is 444 g/mol. The van der Waals surface area contributed by atoms with Gasteiger partial charge in [0.15, 0.2) is 5.96 Å². The standard InChI is InChI=1S/C18H28N4O.HI/c1-4-13(2)22-17(23)16-9-7-15(8-10-16)12-21-18(19-3)20-11-14-5-6-14;/h7-10,13-14H,4-6,11-12H2,1-3H3,(H,22,23)(H2,19,20,21);1H. The van der Waals surface area contributed by atoms with Crippen LogP contribution < -0.4 is 16.0 Å². The van der Waals surface area contributed by atoms with Crippen LogP contribution in [0.25, 0.3) is 0 Å². The molecule has 0 radical (unpaired) electrons. The Hall–Kier alpha value is -1.31. The third-order valence-corrected chi connectivity index (χ3v) is 4.14. The van der Waals surface area contributed by atoms with Gasteiger partial charge in [-0.25, -0.2) is 0 Å². The second kappa shape index (κ2) is 10.5. The molecular formula is C18H29IN4O. The number of rotatable bonds is 7. The number of hydrogen-bond acceptors (Lipinski definition) is 2. The first kappa shape index (κ1) is 20.7. The Morgan fingerprint density at radius 2 is 1.92 bits per heavy atom. The van der Waals surface area contributed by atoms with E-state index in [1.807, 2.05) is 31.2 Å². The highest BCUT2D eigenvalue weighted by molar-refractivity contribution is 14.0. The predicted molar refractivity (Wildman–Crippen MR) is 110 cm³/mol. The number of halogens is 1. The minimum absolute atomic E-state index is 0. The van der Waals surface area contributed by atoms with Crippen molar-refractivity contribution in [3.63, 3.8) is 0 Å². The Morgan fingerprint density at radius 3 is 2.46 bits per heavy atom. The zero-order chi connectivity index (χ0) is 16.7. The van der Waals surface area contributed by atoms with E-state index in [0.29, 0.717) is 12.1 Å². The van der Waals surface area contributed by atoms with Crippen LogP contribution in [0.2, 0.25) is 0 Å². The molecule has 24 heavy (non-hydrogen) atoms. The van der Waals surface area contributed by atoms with Crippen molar-refractivity contribution >= 4 is 35.8 Å². The summed E-state index contributed by atoms with van der Waals surface area (Å²) in [7, 11) is 1.78. The molecule has 0 heterocycles. The van der Waals surface area contributed by atoms with Crippen LogP contribution >= 0.6 is 24.0 Å². The number of carbonyl (C=O) groups is 1. The van der Waals surface area contributed by atoms with Crippen LogP contribution in [-0.2, 0) is 6.54 Å². The average Bonchev–Trinajstić information content (AvgIpc) is 3.39. The van der Waals surface area contributed by atoms with Crippen LogP contribution in [0, 0.1) is 5.92 Å². The molecule has 6 heteroatoms. The number of guanidine groups is 1. The summed E-state index contributed by atoms with van der Waals surface area (Å²) < 4.78 is 0. The third kappa shape index (κ3) is 7.07. The van der Waals surface area contributed by atoms with Crippen molar-refractivity contribution < 1.29 is 4.79 Å². The molecule has 0 spiro atoms. The Kier molecular flexibility index (Phi) is 9.10. The number of nitrogens with zero attached hydrogens (tertiary/aromatic N) is 1. The van der Waals surface area contributed by atoms with E-state index in [1.165, 1.54) is 12.8 Å². The van der Waals surface area contributed by atoms with Crippen molar-refractivity contribution in [2.45, 2.75) is 45.7 Å². The monoisotopic (exact) mass is 444 g/mol. The topological polar surface area (TPSA) is 65.5 Å². The van der Waals surface area contributed by atoms with Crippen molar-refractivity contribution in [2.75, 3.05) is 13.6 Å². The number of amides is 1. The predicted octanol–water partition coefficient (Wildman–Crippen LogP) is 2.91. The van der Waals surface area contributed by atoms with Crippen molar-refractivity contribution in [1.82, 2.24) is 16.0 Å². The largest absolute Gasteiger partial charge is 0.356 e. The van der Waals surface area contributed by atoms with Gasteiger partial charge in [-0.15, -0.1) is 24.0 Å². The number of carbonyl (C=O) groups excluding carboxylic acids is 1. The van der Waals surface area contributed by atoms with Gasteiger partial charge in [-0.3, -0.25) is 9.79 Å². The highest BCUT2D eigenvalue weighted by atomic mass is 127. The summed E-state index contributed by atoms with van der Waals surface area (Å²) in [5, 5.41) is 9.61. The lowest BCUT2D eigenvalue weighted by molar-refractivity contribution is 0.0939. The molecule has 1 unspecified atom stereocenters. The van der Waals surface area contributed by atoms with E-state index in [-0.39, 0.29) is 35.9 Å². The van der Waals surface area contributed by atoms with Crippen molar-refractivity contribution in [2.24, 2.45) is 10.9 Å². The molecule has 1 aromatic carbocycles. The van der Waals surface area contributed by atoms with Gasteiger partial charge >= 0.3 is 0 Å². The molecule has 0 aliphatic heterocycles. The lowest BCUT2D eigenvalue weighted by atomic mass is 10.1. The first-order chi connectivity index (χ1) is 11.1. The van der Waals surface area contributed by atoms with Crippen LogP contribution in [0.3, 0.4) is 0 Å². The maximum atomic E-state index is 12.0. The van der Waals surface area contributed by atoms with E-state index in [2.05, 4.69) is 27.9 Å². The Morgan fingerprint density at radius 1 is 1.25 bits per heavy atom. The molecular weight excluding hydrogens is 415 g/mol. The van der Waals surface area contributed by atoms with Gasteiger partial charge in [-0.05, 0) is 49.8 Å². The molecule has 0 saturated heterocycles. The summed E-state index contributed by atoms with van der Waals surface area (Å²) in [6.45, 7) is 5.76. The van der Waals surface area contributed by atoms with Gasteiger partial charge in [0.2, 0.25) is 0 Å². The lowest BCUT2D eigenvalue weighted by Gasteiger charge is -2.13. The van der Waals surface area contributed by atoms with E-state index < -0.39 is 0 Å². The first-order valence-electron chi connectivity index (χ1n) is 8.46. The fraction of sp³-hybridized carbons (Fsp3) is 0.556. The van der Waals surface area contributed by atoms with Crippen LogP contribution in [0.4, 0.5) is 0 Å². The molecule has 1 saturated carbocycles. The number of nitrogens with one attached hydrogen (secondary N) is 3. The highest BCUT2D eigenvalue weighted by Crippen LogP contribution is 2.27. The minimum Gasteiger partial charge on any atom is -0.356 e. The Labute approximate surface area is 162 Å². The highest BCUT2D eigenvalue weighted by Gasteiger charge is 2.21. The quantitative estimate of drug-likeness (QED) is 0.344. The SMILES string of the molecule is CCC(C)NC(=O)c1ccc(CNC(=NC)NCC2CC2)cc1.I. The van der Waals surface area contributed by atoms with Crippen molar-refractivity contribution in [1.29, 1.82) is 0 Å². The van der Waals surface area contributed by atoms with Crippen molar-refractivity contribution in [3.05, 3.63) is 35.4 Å². The van der Waals surface area contributed by atoms with E-state index in [0.717, 1.165) is 30.4 Å². The molecule has 3 N–H and O–H groups in total. The Bertz CT molecular complexity index is 540. The van der Waals surface area contributed by atoms with Crippen LogP contribution in [0.5, 0.6) is 0 Å². The third-order valence-electron chi connectivity index (χ3n) is 4.14. The number of benzene rings is 1. The smallest absolute Gasteiger partial charge is 0.251 e. The lowest BCUT2D eigenvalue weighted by Crippen LogP contribution is -2.37. The van der Waals surface area contributed by atoms with Gasteiger partial charge in [0, 0.05) is 31.7 Å². The normalized spacial score (nSPS) is 15.2. The van der Waals surface area contributed by atoms with E-state index in [9.17, 15) is 4.79 Å². The summed E-state index contributed by atoms with van der Waals surface area (Å²) in [4.78, 5) is 16.3. The summed E-state index contributed by atoms with van der Waals surface area (Å²) >= 11 is 0. The minimum atomic E-state index is -0.0132. The van der Waals surface area contributed by atoms with Gasteiger partial charge in [0.25, 0.3) is 5.91 Å². The number of hydrogen-bond donors (Lipinski definition) is 3. The van der Waals surface area contributed by atoms with E-state index >= 15 is 0 Å². The molecule has 0 bridgehead atoms.